The molecule has 2 amide bonds. The molecule has 0 heterocycles. The molecule has 0 aliphatic rings. The van der Waals surface area contributed by atoms with E-state index in [-0.39, 0.29) is 12.1 Å². The minimum Gasteiger partial charge on any atom is -0.385 e. The highest BCUT2D eigenvalue weighted by Crippen LogP contribution is 2.10. The molecule has 0 fully saturated rings. The Balaban J connectivity index is 2.52. The Hall–Kier alpha value is -2.28. The van der Waals surface area contributed by atoms with Crippen molar-refractivity contribution in [2.24, 2.45) is 4.99 Å². The van der Waals surface area contributed by atoms with E-state index in [0.717, 1.165) is 43.3 Å². The molecule has 140 valence electrons. The Bertz CT molecular complexity index is 529. The third-order valence-electron chi connectivity index (χ3n) is 3.21. The molecule has 0 atom stereocenters. The van der Waals surface area contributed by atoms with Crippen molar-refractivity contribution < 1.29 is 9.53 Å². The normalized spacial score (nSPS) is 11.3. The summed E-state index contributed by atoms with van der Waals surface area (Å²) in [6.07, 6.45) is 0.930. The van der Waals surface area contributed by atoms with Crippen LogP contribution in [0.25, 0.3) is 0 Å². The Labute approximate surface area is 150 Å². The number of aliphatic imine (C=N–C) groups is 1. The Kier molecular flexibility index (Phi) is 10.1. The van der Waals surface area contributed by atoms with E-state index in [2.05, 4.69) is 26.3 Å². The van der Waals surface area contributed by atoms with Crippen molar-refractivity contribution in [1.82, 2.24) is 16.0 Å². The molecule has 7 nitrogen and oxygen atoms in total. The van der Waals surface area contributed by atoms with Crippen LogP contribution in [-0.2, 0) is 11.3 Å². The van der Waals surface area contributed by atoms with Crippen molar-refractivity contribution in [2.75, 3.05) is 32.1 Å². The lowest BCUT2D eigenvalue weighted by Gasteiger charge is -2.12. The van der Waals surface area contributed by atoms with Gasteiger partial charge in [0.05, 0.1) is 6.54 Å². The Morgan fingerprint density at radius 3 is 2.52 bits per heavy atom. The molecular formula is C18H31N5O2. The van der Waals surface area contributed by atoms with Crippen molar-refractivity contribution in [3.8, 4) is 0 Å². The van der Waals surface area contributed by atoms with E-state index in [1.807, 2.05) is 45.0 Å². The van der Waals surface area contributed by atoms with Gasteiger partial charge >= 0.3 is 6.03 Å². The summed E-state index contributed by atoms with van der Waals surface area (Å²) < 4.78 is 5.04. The van der Waals surface area contributed by atoms with E-state index < -0.39 is 0 Å². The number of rotatable bonds is 9. The first kappa shape index (κ1) is 20.8. The fourth-order valence-electron chi connectivity index (χ4n) is 2.06. The molecule has 0 radical (unpaired) electrons. The second kappa shape index (κ2) is 12.1. The molecule has 0 spiro atoms. The number of carbonyl (C=O) groups is 1. The predicted octanol–water partition coefficient (Wildman–Crippen LogP) is 2.31. The summed E-state index contributed by atoms with van der Waals surface area (Å²) >= 11 is 0. The lowest BCUT2D eigenvalue weighted by atomic mass is 10.2. The molecule has 7 heteroatoms. The highest BCUT2D eigenvalue weighted by atomic mass is 16.5. The van der Waals surface area contributed by atoms with Crippen LogP contribution in [0.5, 0.6) is 0 Å². The minimum atomic E-state index is -0.199. The number of amides is 2. The maximum atomic E-state index is 11.7. The van der Waals surface area contributed by atoms with Crippen LogP contribution in [0.3, 0.4) is 0 Å². The highest BCUT2D eigenvalue weighted by Gasteiger charge is 2.03. The second-order valence-electron chi connectivity index (χ2n) is 5.92. The number of methoxy groups -OCH3 is 1. The van der Waals surface area contributed by atoms with Crippen LogP contribution < -0.4 is 21.3 Å². The fourth-order valence-corrected chi connectivity index (χ4v) is 2.06. The number of ether oxygens (including phenoxy) is 1. The molecule has 1 rings (SSSR count). The number of carbonyl (C=O) groups excluding carboxylic acids is 1. The molecule has 1 aromatic carbocycles. The number of guanidine groups is 1. The summed E-state index contributed by atoms with van der Waals surface area (Å²) in [5.74, 6) is 0.789. The number of nitrogens with zero attached hydrogens (tertiary/aromatic N) is 1. The largest absolute Gasteiger partial charge is 0.385 e. The standard InChI is InChI=1S/C18H31N5O2/c1-5-19-17(20-11-6-12-25-4)21-13-15-7-9-16(10-8-15)23-18(24)22-14(2)3/h7-10,14H,5-6,11-13H2,1-4H3,(H2,19,20,21)(H2,22,23,24). The zero-order valence-electron chi connectivity index (χ0n) is 15.7. The van der Waals surface area contributed by atoms with Gasteiger partial charge in [-0.15, -0.1) is 0 Å². The van der Waals surface area contributed by atoms with Crippen LogP contribution in [0.4, 0.5) is 10.5 Å². The van der Waals surface area contributed by atoms with E-state index in [1.165, 1.54) is 0 Å². The second-order valence-corrected chi connectivity index (χ2v) is 5.92. The molecule has 1 aromatic rings. The quantitative estimate of drug-likeness (QED) is 0.313. The Morgan fingerprint density at radius 2 is 1.92 bits per heavy atom. The van der Waals surface area contributed by atoms with Gasteiger partial charge in [-0.3, -0.25) is 0 Å². The summed E-state index contributed by atoms with van der Waals surface area (Å²) in [5, 5.41) is 12.1. The topological polar surface area (TPSA) is 86.8 Å². The van der Waals surface area contributed by atoms with Crippen LogP contribution in [0.2, 0.25) is 0 Å². The fraction of sp³-hybridized carbons (Fsp3) is 0.556. The van der Waals surface area contributed by atoms with Gasteiger partial charge in [0.25, 0.3) is 0 Å². The van der Waals surface area contributed by atoms with Crippen molar-refractivity contribution in [2.45, 2.75) is 39.8 Å². The molecular weight excluding hydrogens is 318 g/mol. The number of hydrogen-bond acceptors (Lipinski definition) is 3. The number of hydrogen-bond donors (Lipinski definition) is 4. The summed E-state index contributed by atoms with van der Waals surface area (Å²) in [5.41, 5.74) is 1.83. The maximum absolute atomic E-state index is 11.7. The number of benzene rings is 1. The van der Waals surface area contributed by atoms with Crippen LogP contribution in [0, 0.1) is 0 Å². The van der Waals surface area contributed by atoms with Crippen LogP contribution in [0.1, 0.15) is 32.8 Å². The van der Waals surface area contributed by atoms with E-state index in [0.29, 0.717) is 6.54 Å². The molecule has 25 heavy (non-hydrogen) atoms. The first-order valence-electron chi connectivity index (χ1n) is 8.72. The number of anilines is 1. The molecule has 4 N–H and O–H groups in total. The average Bonchev–Trinajstić information content (AvgIpc) is 2.57. The number of urea groups is 1. The van der Waals surface area contributed by atoms with Gasteiger partial charge in [-0.05, 0) is 44.9 Å². The predicted molar refractivity (Wildman–Crippen MR) is 103 cm³/mol. The Morgan fingerprint density at radius 1 is 1.20 bits per heavy atom. The average molecular weight is 349 g/mol. The summed E-state index contributed by atoms with van der Waals surface area (Å²) in [6, 6.07) is 7.59. The van der Waals surface area contributed by atoms with Gasteiger partial charge in [0.15, 0.2) is 5.96 Å². The van der Waals surface area contributed by atoms with Gasteiger partial charge in [0.2, 0.25) is 0 Å². The van der Waals surface area contributed by atoms with E-state index in [4.69, 9.17) is 4.74 Å². The summed E-state index contributed by atoms with van der Waals surface area (Å²) in [6.45, 7) is 8.80. The first-order chi connectivity index (χ1) is 12.0. The van der Waals surface area contributed by atoms with Crippen LogP contribution in [0.15, 0.2) is 29.3 Å². The van der Waals surface area contributed by atoms with E-state index in [9.17, 15) is 4.79 Å². The molecule has 0 saturated carbocycles. The molecule has 0 bridgehead atoms. The van der Waals surface area contributed by atoms with E-state index in [1.54, 1.807) is 7.11 Å². The van der Waals surface area contributed by atoms with Gasteiger partial charge in [-0.2, -0.15) is 0 Å². The number of nitrogens with one attached hydrogen (secondary N) is 4. The van der Waals surface area contributed by atoms with Gasteiger partial charge in [0.1, 0.15) is 0 Å². The van der Waals surface area contributed by atoms with Crippen molar-refractivity contribution in [1.29, 1.82) is 0 Å². The van der Waals surface area contributed by atoms with Crippen molar-refractivity contribution in [3.05, 3.63) is 29.8 Å². The van der Waals surface area contributed by atoms with Crippen LogP contribution >= 0.6 is 0 Å². The smallest absolute Gasteiger partial charge is 0.319 e. The van der Waals surface area contributed by atoms with E-state index >= 15 is 0 Å². The first-order valence-corrected chi connectivity index (χ1v) is 8.72. The van der Waals surface area contributed by atoms with Gasteiger partial charge in [0, 0.05) is 38.5 Å². The molecule has 0 saturated heterocycles. The highest BCUT2D eigenvalue weighted by molar-refractivity contribution is 5.89. The van der Waals surface area contributed by atoms with Crippen LogP contribution in [-0.4, -0.2) is 44.8 Å². The van der Waals surface area contributed by atoms with Crippen molar-refractivity contribution >= 4 is 17.7 Å². The lowest BCUT2D eigenvalue weighted by molar-refractivity contribution is 0.195. The molecule has 0 aliphatic heterocycles. The third-order valence-corrected chi connectivity index (χ3v) is 3.21. The zero-order valence-corrected chi connectivity index (χ0v) is 15.7. The lowest BCUT2D eigenvalue weighted by Crippen LogP contribution is -2.38. The molecule has 0 aromatic heterocycles. The van der Waals surface area contributed by atoms with Crippen molar-refractivity contribution in [3.63, 3.8) is 0 Å². The molecule has 0 unspecified atom stereocenters. The minimum absolute atomic E-state index is 0.106. The van der Waals surface area contributed by atoms with Gasteiger partial charge in [-0.25, -0.2) is 9.79 Å². The summed E-state index contributed by atoms with van der Waals surface area (Å²) in [7, 11) is 1.70. The summed E-state index contributed by atoms with van der Waals surface area (Å²) in [4.78, 5) is 16.2. The van der Waals surface area contributed by atoms with Gasteiger partial charge in [-0.1, -0.05) is 12.1 Å². The maximum Gasteiger partial charge on any atom is 0.319 e. The van der Waals surface area contributed by atoms with Gasteiger partial charge < -0.3 is 26.0 Å². The SMILES string of the molecule is CCNC(=NCc1ccc(NC(=O)NC(C)C)cc1)NCCCOC. The molecule has 0 aliphatic carbocycles. The monoisotopic (exact) mass is 349 g/mol. The third kappa shape index (κ3) is 9.56. The zero-order chi connectivity index (χ0) is 18.5.